The van der Waals surface area contributed by atoms with Crippen LogP contribution in [0.5, 0.6) is 11.5 Å². The maximum Gasteiger partial charge on any atom is 0.126 e. The molecule has 0 amide bonds. The normalized spacial score (nSPS) is 14.4. The van der Waals surface area contributed by atoms with Crippen molar-refractivity contribution in [1.29, 1.82) is 0 Å². The number of benzene rings is 1. The van der Waals surface area contributed by atoms with Crippen LogP contribution in [0.25, 0.3) is 0 Å². The fourth-order valence-electron chi connectivity index (χ4n) is 2.03. The first-order valence-electron chi connectivity index (χ1n) is 5.18. The van der Waals surface area contributed by atoms with Crippen LogP contribution in [-0.2, 0) is 12.8 Å². The van der Waals surface area contributed by atoms with Gasteiger partial charge in [-0.05, 0) is 25.0 Å². The molecule has 3 nitrogen and oxygen atoms in total. The lowest BCUT2D eigenvalue weighted by Crippen LogP contribution is -2.18. The van der Waals surface area contributed by atoms with Crippen molar-refractivity contribution in [3.8, 4) is 11.5 Å². The molecule has 3 heteroatoms. The zero-order valence-corrected chi connectivity index (χ0v) is 9.46. The highest BCUT2D eigenvalue weighted by atomic mass is 16.5. The molecule has 82 valence electrons. The van der Waals surface area contributed by atoms with Gasteiger partial charge in [0.1, 0.15) is 11.5 Å². The highest BCUT2D eigenvalue weighted by molar-refractivity contribution is 5.65. The first-order valence-corrected chi connectivity index (χ1v) is 5.18. The van der Waals surface area contributed by atoms with E-state index in [0.29, 0.717) is 0 Å². The maximum atomic E-state index is 5.81. The van der Waals surface area contributed by atoms with E-state index in [4.69, 9.17) is 15.2 Å². The smallest absolute Gasteiger partial charge is 0.126 e. The molecule has 0 radical (unpaired) electrons. The first-order chi connectivity index (χ1) is 7.17. The van der Waals surface area contributed by atoms with E-state index in [-0.39, 0.29) is 6.04 Å². The van der Waals surface area contributed by atoms with Gasteiger partial charge in [0.15, 0.2) is 0 Å². The molecule has 15 heavy (non-hydrogen) atoms. The van der Waals surface area contributed by atoms with E-state index < -0.39 is 0 Å². The van der Waals surface area contributed by atoms with Crippen LogP contribution < -0.4 is 15.2 Å². The lowest BCUT2D eigenvalue weighted by molar-refractivity contribution is 0.399. The van der Waals surface area contributed by atoms with Crippen LogP contribution in [0.3, 0.4) is 0 Å². The highest BCUT2D eigenvalue weighted by Crippen LogP contribution is 2.46. The van der Waals surface area contributed by atoms with Crippen molar-refractivity contribution in [1.82, 2.24) is 0 Å². The second-order valence-corrected chi connectivity index (χ2v) is 4.09. The summed E-state index contributed by atoms with van der Waals surface area (Å²) in [4.78, 5) is 0. The molecule has 1 unspecified atom stereocenters. The van der Waals surface area contributed by atoms with Crippen LogP contribution in [0.2, 0.25) is 0 Å². The van der Waals surface area contributed by atoms with Gasteiger partial charge in [0, 0.05) is 23.6 Å². The number of fused-ring (bicyclic) bond motifs is 1. The zero-order chi connectivity index (χ0) is 11.0. The summed E-state index contributed by atoms with van der Waals surface area (Å²) in [7, 11) is 3.42. The van der Waals surface area contributed by atoms with E-state index in [1.165, 1.54) is 11.1 Å². The zero-order valence-electron chi connectivity index (χ0n) is 9.46. The Hall–Kier alpha value is -1.22. The van der Waals surface area contributed by atoms with E-state index in [0.717, 1.165) is 29.9 Å². The predicted molar refractivity (Wildman–Crippen MR) is 59.7 cm³/mol. The number of rotatable bonds is 4. The molecule has 2 rings (SSSR count). The lowest BCUT2D eigenvalue weighted by atomic mass is 10.1. The molecule has 0 saturated carbocycles. The Bertz CT molecular complexity index is 386. The van der Waals surface area contributed by atoms with E-state index in [9.17, 15) is 0 Å². The summed E-state index contributed by atoms with van der Waals surface area (Å²) in [5.74, 6) is 1.98. The molecule has 0 heterocycles. The Morgan fingerprint density at radius 1 is 1.33 bits per heavy atom. The minimum absolute atomic E-state index is 0.139. The summed E-state index contributed by atoms with van der Waals surface area (Å²) >= 11 is 0. The third kappa shape index (κ3) is 1.79. The monoisotopic (exact) mass is 207 g/mol. The number of hydrogen-bond acceptors (Lipinski definition) is 3. The Morgan fingerprint density at radius 2 is 2.07 bits per heavy atom. The van der Waals surface area contributed by atoms with Crippen LogP contribution in [0.15, 0.2) is 6.07 Å². The Balaban J connectivity index is 2.39. The van der Waals surface area contributed by atoms with Gasteiger partial charge in [-0.15, -0.1) is 0 Å². The first kappa shape index (κ1) is 10.3. The molecule has 1 atom stereocenters. The van der Waals surface area contributed by atoms with Gasteiger partial charge in [0.25, 0.3) is 0 Å². The number of nitrogens with two attached hydrogens (primary N) is 1. The van der Waals surface area contributed by atoms with Gasteiger partial charge >= 0.3 is 0 Å². The second kappa shape index (κ2) is 3.74. The Labute approximate surface area is 90.2 Å². The predicted octanol–water partition coefficient (Wildman–Crippen LogP) is 1.50. The summed E-state index contributed by atoms with van der Waals surface area (Å²) in [6, 6.07) is 2.19. The molecule has 1 aliphatic rings. The largest absolute Gasteiger partial charge is 0.496 e. The standard InChI is InChI=1S/C12H17NO2/c1-7(13)4-8-5-11(14-2)9-6-10(9)12(8)15-3/h5,7H,4,6,13H2,1-3H3. The van der Waals surface area contributed by atoms with Crippen molar-refractivity contribution < 1.29 is 9.47 Å². The van der Waals surface area contributed by atoms with Gasteiger partial charge in [0.2, 0.25) is 0 Å². The van der Waals surface area contributed by atoms with Gasteiger partial charge in [-0.25, -0.2) is 0 Å². The van der Waals surface area contributed by atoms with Crippen LogP contribution in [0, 0.1) is 0 Å². The van der Waals surface area contributed by atoms with E-state index >= 15 is 0 Å². The second-order valence-electron chi connectivity index (χ2n) is 4.09. The molecular weight excluding hydrogens is 190 g/mol. The number of methoxy groups -OCH3 is 2. The van der Waals surface area contributed by atoms with Crippen LogP contribution in [0.1, 0.15) is 23.6 Å². The van der Waals surface area contributed by atoms with Gasteiger partial charge in [-0.1, -0.05) is 0 Å². The molecule has 2 N–H and O–H groups in total. The molecular formula is C12H17NO2. The van der Waals surface area contributed by atoms with E-state index in [2.05, 4.69) is 0 Å². The van der Waals surface area contributed by atoms with Crippen molar-refractivity contribution in [2.75, 3.05) is 14.2 Å². The van der Waals surface area contributed by atoms with Crippen molar-refractivity contribution in [3.63, 3.8) is 0 Å². The minimum Gasteiger partial charge on any atom is -0.496 e. The Morgan fingerprint density at radius 3 is 2.60 bits per heavy atom. The molecule has 0 bridgehead atoms. The van der Waals surface area contributed by atoms with E-state index in [1.807, 2.05) is 13.0 Å². The average molecular weight is 207 g/mol. The topological polar surface area (TPSA) is 44.5 Å². The van der Waals surface area contributed by atoms with Gasteiger partial charge in [0.05, 0.1) is 14.2 Å². The fraction of sp³-hybridized carbons (Fsp3) is 0.500. The summed E-state index contributed by atoms with van der Waals surface area (Å²) < 4.78 is 10.7. The summed E-state index contributed by atoms with van der Waals surface area (Å²) in [6.45, 7) is 2.00. The average Bonchev–Trinajstić information content (AvgIpc) is 2.95. The van der Waals surface area contributed by atoms with Gasteiger partial charge in [-0.3, -0.25) is 0 Å². The van der Waals surface area contributed by atoms with Crippen molar-refractivity contribution >= 4 is 0 Å². The molecule has 0 aliphatic heterocycles. The van der Waals surface area contributed by atoms with Crippen molar-refractivity contribution in [2.24, 2.45) is 5.73 Å². The third-order valence-corrected chi connectivity index (χ3v) is 2.73. The molecule has 0 aromatic heterocycles. The maximum absolute atomic E-state index is 5.81. The Kier molecular flexibility index (Phi) is 2.57. The summed E-state index contributed by atoms with van der Waals surface area (Å²) in [5.41, 5.74) is 9.53. The third-order valence-electron chi connectivity index (χ3n) is 2.73. The summed E-state index contributed by atoms with van der Waals surface area (Å²) in [6.07, 6.45) is 1.82. The molecule has 0 spiro atoms. The quantitative estimate of drug-likeness (QED) is 0.826. The number of ether oxygens (including phenoxy) is 2. The van der Waals surface area contributed by atoms with E-state index in [1.54, 1.807) is 14.2 Å². The molecule has 0 fully saturated rings. The molecule has 1 aliphatic carbocycles. The van der Waals surface area contributed by atoms with Crippen LogP contribution in [0.4, 0.5) is 0 Å². The van der Waals surface area contributed by atoms with Gasteiger partial charge in [-0.2, -0.15) is 0 Å². The van der Waals surface area contributed by atoms with Crippen LogP contribution >= 0.6 is 0 Å². The SMILES string of the molecule is COc1cc(CC(C)N)c(OC)c2c1C2. The minimum atomic E-state index is 0.139. The van der Waals surface area contributed by atoms with Crippen molar-refractivity contribution in [3.05, 3.63) is 22.8 Å². The number of hydrogen-bond donors (Lipinski definition) is 1. The molecule has 1 aromatic rings. The van der Waals surface area contributed by atoms with Crippen molar-refractivity contribution in [2.45, 2.75) is 25.8 Å². The lowest BCUT2D eigenvalue weighted by Gasteiger charge is -2.11. The van der Waals surface area contributed by atoms with Gasteiger partial charge < -0.3 is 15.2 Å². The molecule has 0 saturated heterocycles. The fourth-order valence-corrected chi connectivity index (χ4v) is 2.03. The van der Waals surface area contributed by atoms with Crippen LogP contribution in [-0.4, -0.2) is 20.3 Å². The molecule has 1 aromatic carbocycles. The summed E-state index contributed by atoms with van der Waals surface area (Å²) in [5, 5.41) is 0. The highest BCUT2D eigenvalue weighted by Gasteiger charge is 2.29.